The largest absolute Gasteiger partial charge is 0.313 e. The van der Waals surface area contributed by atoms with Crippen LogP contribution < -0.4 is 5.32 Å². The smallest absolute Gasteiger partial charge is 0.0166 e. The molecule has 2 nitrogen and oxygen atoms in total. The van der Waals surface area contributed by atoms with Crippen molar-refractivity contribution in [3.8, 4) is 0 Å². The van der Waals surface area contributed by atoms with E-state index in [0.717, 1.165) is 12.0 Å². The van der Waals surface area contributed by atoms with Gasteiger partial charge in [0, 0.05) is 18.6 Å². The average Bonchev–Trinajstić information content (AvgIpc) is 2.45. The van der Waals surface area contributed by atoms with Gasteiger partial charge in [0.2, 0.25) is 0 Å². The lowest BCUT2D eigenvalue weighted by Crippen LogP contribution is -2.42. The molecule has 0 aromatic rings. The fourth-order valence-corrected chi connectivity index (χ4v) is 3.11. The van der Waals surface area contributed by atoms with E-state index in [-0.39, 0.29) is 0 Å². The van der Waals surface area contributed by atoms with Gasteiger partial charge in [-0.1, -0.05) is 13.3 Å². The highest BCUT2D eigenvalue weighted by Gasteiger charge is 2.30. The molecule has 2 aliphatic rings. The quantitative estimate of drug-likeness (QED) is 0.688. The third-order valence-corrected chi connectivity index (χ3v) is 3.91. The van der Waals surface area contributed by atoms with Crippen LogP contribution in [0.3, 0.4) is 0 Å². The third-order valence-electron chi connectivity index (χ3n) is 3.91. The van der Waals surface area contributed by atoms with Crippen LogP contribution in [0.4, 0.5) is 0 Å². The molecule has 0 aromatic heterocycles. The van der Waals surface area contributed by atoms with E-state index >= 15 is 0 Å². The molecule has 2 heteroatoms. The Morgan fingerprint density at radius 3 is 2.71 bits per heavy atom. The van der Waals surface area contributed by atoms with Gasteiger partial charge in [0.1, 0.15) is 0 Å². The van der Waals surface area contributed by atoms with E-state index in [1.54, 1.807) is 0 Å². The Hall–Kier alpha value is -0.0800. The van der Waals surface area contributed by atoms with E-state index in [9.17, 15) is 0 Å². The molecule has 1 saturated carbocycles. The molecule has 1 aliphatic carbocycles. The van der Waals surface area contributed by atoms with Gasteiger partial charge in [-0.25, -0.2) is 0 Å². The van der Waals surface area contributed by atoms with Crippen LogP contribution in [0, 0.1) is 5.92 Å². The van der Waals surface area contributed by atoms with Crippen LogP contribution in [0.1, 0.15) is 39.5 Å². The lowest BCUT2D eigenvalue weighted by Gasteiger charge is -2.31. The molecule has 0 bridgehead atoms. The maximum absolute atomic E-state index is 3.57. The molecule has 1 aliphatic heterocycles. The van der Waals surface area contributed by atoms with Crippen molar-refractivity contribution in [2.24, 2.45) is 5.92 Å². The molecule has 0 amide bonds. The second kappa shape index (κ2) is 4.63. The summed E-state index contributed by atoms with van der Waals surface area (Å²) in [4.78, 5) is 2.74. The van der Waals surface area contributed by atoms with Gasteiger partial charge in [-0.05, 0) is 45.2 Å². The van der Waals surface area contributed by atoms with Crippen molar-refractivity contribution in [2.45, 2.75) is 51.6 Å². The molecule has 2 rings (SSSR count). The van der Waals surface area contributed by atoms with Crippen LogP contribution in [-0.4, -0.2) is 36.6 Å². The summed E-state index contributed by atoms with van der Waals surface area (Å²) in [6.45, 7) is 8.53. The Morgan fingerprint density at radius 2 is 2.00 bits per heavy atom. The van der Waals surface area contributed by atoms with Crippen LogP contribution in [0.5, 0.6) is 0 Å². The summed E-state index contributed by atoms with van der Waals surface area (Å²) < 4.78 is 0. The van der Waals surface area contributed by atoms with E-state index < -0.39 is 0 Å². The average molecular weight is 196 g/mol. The third kappa shape index (κ3) is 2.29. The van der Waals surface area contributed by atoms with E-state index in [1.807, 2.05) is 0 Å². The zero-order valence-electron chi connectivity index (χ0n) is 9.63. The predicted octanol–water partition coefficient (Wildman–Crippen LogP) is 1.86. The second-order valence-corrected chi connectivity index (χ2v) is 5.18. The Bertz CT molecular complexity index is 181. The summed E-state index contributed by atoms with van der Waals surface area (Å²) in [6.07, 6.45) is 5.66. The highest BCUT2D eigenvalue weighted by molar-refractivity contribution is 4.86. The van der Waals surface area contributed by atoms with E-state index in [1.165, 1.54) is 45.3 Å². The van der Waals surface area contributed by atoms with Gasteiger partial charge in [0.25, 0.3) is 0 Å². The molecule has 1 saturated heterocycles. The molecule has 14 heavy (non-hydrogen) atoms. The summed E-state index contributed by atoms with van der Waals surface area (Å²) in [7, 11) is 0. The molecule has 1 heterocycles. The summed E-state index contributed by atoms with van der Waals surface area (Å²) in [5.41, 5.74) is 0. The van der Waals surface area contributed by atoms with Crippen LogP contribution in [0.15, 0.2) is 0 Å². The Labute approximate surface area is 88.1 Å². The number of hydrogen-bond donors (Lipinski definition) is 1. The first kappa shape index (κ1) is 10.4. The van der Waals surface area contributed by atoms with Gasteiger partial charge in [0.15, 0.2) is 0 Å². The van der Waals surface area contributed by atoms with Gasteiger partial charge in [0.05, 0.1) is 0 Å². The fourth-order valence-electron chi connectivity index (χ4n) is 3.11. The van der Waals surface area contributed by atoms with Crippen molar-refractivity contribution in [2.75, 3.05) is 19.6 Å². The molecule has 3 atom stereocenters. The lowest BCUT2D eigenvalue weighted by molar-refractivity contribution is 0.166. The minimum Gasteiger partial charge on any atom is -0.313 e. The minimum atomic E-state index is 0.685. The van der Waals surface area contributed by atoms with Gasteiger partial charge >= 0.3 is 0 Å². The van der Waals surface area contributed by atoms with Crippen molar-refractivity contribution < 1.29 is 0 Å². The highest BCUT2D eigenvalue weighted by Crippen LogP contribution is 2.29. The topological polar surface area (TPSA) is 15.3 Å². The normalized spacial score (nSPS) is 41.1. The predicted molar refractivity (Wildman–Crippen MR) is 60.5 cm³/mol. The molecule has 2 fully saturated rings. The van der Waals surface area contributed by atoms with Crippen LogP contribution in [0.25, 0.3) is 0 Å². The maximum atomic E-state index is 3.57. The molecule has 0 spiro atoms. The molecular weight excluding hydrogens is 172 g/mol. The van der Waals surface area contributed by atoms with Crippen molar-refractivity contribution in [3.05, 3.63) is 0 Å². The molecule has 0 aromatic carbocycles. The zero-order valence-corrected chi connectivity index (χ0v) is 9.63. The van der Waals surface area contributed by atoms with Crippen molar-refractivity contribution in [1.82, 2.24) is 10.2 Å². The van der Waals surface area contributed by atoms with Crippen molar-refractivity contribution in [1.29, 1.82) is 0 Å². The van der Waals surface area contributed by atoms with Crippen molar-refractivity contribution in [3.63, 3.8) is 0 Å². The van der Waals surface area contributed by atoms with Gasteiger partial charge in [-0.2, -0.15) is 0 Å². The van der Waals surface area contributed by atoms with E-state index in [4.69, 9.17) is 0 Å². The Balaban J connectivity index is 1.94. The zero-order chi connectivity index (χ0) is 9.97. The first-order valence-electron chi connectivity index (χ1n) is 6.25. The Kier molecular flexibility index (Phi) is 3.45. The van der Waals surface area contributed by atoms with E-state index in [0.29, 0.717) is 6.04 Å². The van der Waals surface area contributed by atoms with Crippen LogP contribution >= 0.6 is 0 Å². The number of nitrogens with zero attached hydrogens (tertiary/aromatic N) is 1. The standard InChI is InChI=1S/C12H24N2/c1-10-5-3-6-12(10)14-8-4-7-13-11(2)9-14/h10-13H,3-9H2,1-2H3. The summed E-state index contributed by atoms with van der Waals surface area (Å²) in [6, 6.07) is 1.57. The Morgan fingerprint density at radius 1 is 1.14 bits per heavy atom. The first-order chi connectivity index (χ1) is 6.77. The highest BCUT2D eigenvalue weighted by atomic mass is 15.2. The number of rotatable bonds is 1. The van der Waals surface area contributed by atoms with Crippen LogP contribution in [-0.2, 0) is 0 Å². The van der Waals surface area contributed by atoms with Crippen LogP contribution in [0.2, 0.25) is 0 Å². The first-order valence-corrected chi connectivity index (χ1v) is 6.25. The molecule has 0 radical (unpaired) electrons. The van der Waals surface area contributed by atoms with Gasteiger partial charge in [-0.3, -0.25) is 4.90 Å². The lowest BCUT2D eigenvalue weighted by atomic mass is 10.0. The monoisotopic (exact) mass is 196 g/mol. The molecule has 1 N–H and O–H groups in total. The van der Waals surface area contributed by atoms with Crippen molar-refractivity contribution >= 4 is 0 Å². The maximum Gasteiger partial charge on any atom is 0.0166 e. The molecular formula is C12H24N2. The fraction of sp³-hybridized carbons (Fsp3) is 1.00. The van der Waals surface area contributed by atoms with E-state index in [2.05, 4.69) is 24.1 Å². The number of nitrogens with one attached hydrogen (secondary N) is 1. The summed E-state index contributed by atoms with van der Waals surface area (Å²) in [5, 5.41) is 3.57. The summed E-state index contributed by atoms with van der Waals surface area (Å²) >= 11 is 0. The SMILES string of the molecule is CC1CN(C2CCCC2C)CCCN1. The minimum absolute atomic E-state index is 0.685. The molecule has 82 valence electrons. The molecule has 3 unspecified atom stereocenters. The van der Waals surface area contributed by atoms with Gasteiger partial charge in [-0.15, -0.1) is 0 Å². The summed E-state index contributed by atoms with van der Waals surface area (Å²) in [5.74, 6) is 0.931. The number of hydrogen-bond acceptors (Lipinski definition) is 2. The second-order valence-electron chi connectivity index (χ2n) is 5.18. The van der Waals surface area contributed by atoms with Gasteiger partial charge < -0.3 is 5.32 Å².